The Balaban J connectivity index is 1.55. The molecule has 0 aliphatic carbocycles. The minimum atomic E-state index is 0.104. The average Bonchev–Trinajstić information content (AvgIpc) is 2.37. The van der Waals surface area contributed by atoms with Crippen molar-refractivity contribution >= 4 is 5.91 Å². The maximum atomic E-state index is 11.6. The zero-order valence-corrected chi connectivity index (χ0v) is 11.4. The molecule has 1 aromatic rings. The summed E-state index contributed by atoms with van der Waals surface area (Å²) in [5.74, 6) is 0.332. The van der Waals surface area contributed by atoms with Crippen LogP contribution in [0.4, 0.5) is 0 Å². The van der Waals surface area contributed by atoms with E-state index in [9.17, 15) is 4.79 Å². The summed E-state index contributed by atoms with van der Waals surface area (Å²) in [4.78, 5) is 11.6. The number of benzene rings is 1. The van der Waals surface area contributed by atoms with Gasteiger partial charge in [0.2, 0.25) is 5.91 Å². The van der Waals surface area contributed by atoms with E-state index in [-0.39, 0.29) is 17.9 Å². The largest absolute Gasteiger partial charge is 0.374 e. The fourth-order valence-corrected chi connectivity index (χ4v) is 1.98. The fraction of sp³-hybridized carbons (Fsp3) is 0.533. The minimum Gasteiger partial charge on any atom is -0.374 e. The Kier molecular flexibility index (Phi) is 5.36. The second-order valence-corrected chi connectivity index (χ2v) is 4.92. The predicted octanol–water partition coefficient (Wildman–Crippen LogP) is 1.49. The van der Waals surface area contributed by atoms with Gasteiger partial charge in [0.05, 0.1) is 12.0 Å². The quantitative estimate of drug-likeness (QED) is 0.732. The molecule has 1 fully saturated rings. The van der Waals surface area contributed by atoms with Crippen LogP contribution in [0.5, 0.6) is 0 Å². The molecule has 1 aliphatic heterocycles. The van der Waals surface area contributed by atoms with E-state index in [2.05, 4.69) is 22.8 Å². The first-order valence-corrected chi connectivity index (χ1v) is 6.92. The van der Waals surface area contributed by atoms with Gasteiger partial charge >= 0.3 is 0 Å². The molecule has 0 saturated carbocycles. The van der Waals surface area contributed by atoms with Crippen molar-refractivity contribution in [3.63, 3.8) is 0 Å². The molecule has 104 valence electrons. The lowest BCUT2D eigenvalue weighted by Crippen LogP contribution is -2.50. The van der Waals surface area contributed by atoms with Crippen LogP contribution < -0.4 is 10.6 Å². The summed E-state index contributed by atoms with van der Waals surface area (Å²) in [6.07, 6.45) is 0.955. The SMILES string of the molecule is CC(OCCCNC(=O)C1CNC1)c1ccccc1. The van der Waals surface area contributed by atoms with Crippen molar-refractivity contribution in [1.29, 1.82) is 0 Å². The van der Waals surface area contributed by atoms with Gasteiger partial charge in [0, 0.05) is 26.2 Å². The lowest BCUT2D eigenvalue weighted by molar-refractivity contribution is -0.126. The van der Waals surface area contributed by atoms with E-state index in [0.29, 0.717) is 13.2 Å². The number of amides is 1. The maximum Gasteiger partial charge on any atom is 0.225 e. The fourth-order valence-electron chi connectivity index (χ4n) is 1.98. The second-order valence-electron chi connectivity index (χ2n) is 4.92. The Morgan fingerprint density at radius 1 is 1.42 bits per heavy atom. The number of rotatable bonds is 7. The topological polar surface area (TPSA) is 50.4 Å². The Hall–Kier alpha value is -1.39. The summed E-state index contributed by atoms with van der Waals surface area (Å²) in [6.45, 7) is 5.03. The lowest BCUT2D eigenvalue weighted by atomic mass is 10.0. The molecule has 1 aliphatic rings. The van der Waals surface area contributed by atoms with Crippen LogP contribution in [0.15, 0.2) is 30.3 Å². The Bertz CT molecular complexity index is 390. The van der Waals surface area contributed by atoms with Crippen LogP contribution in [0.25, 0.3) is 0 Å². The summed E-state index contributed by atoms with van der Waals surface area (Å²) in [5, 5.41) is 6.03. The van der Waals surface area contributed by atoms with Gasteiger partial charge in [0.25, 0.3) is 0 Å². The number of carbonyl (C=O) groups is 1. The van der Waals surface area contributed by atoms with Crippen molar-refractivity contribution in [3.05, 3.63) is 35.9 Å². The number of nitrogens with one attached hydrogen (secondary N) is 2. The molecule has 0 aromatic heterocycles. The number of hydrogen-bond donors (Lipinski definition) is 2. The van der Waals surface area contributed by atoms with Crippen LogP contribution in [-0.4, -0.2) is 32.1 Å². The van der Waals surface area contributed by atoms with E-state index in [1.165, 1.54) is 5.56 Å². The van der Waals surface area contributed by atoms with E-state index in [0.717, 1.165) is 19.5 Å². The smallest absolute Gasteiger partial charge is 0.225 e. The van der Waals surface area contributed by atoms with Crippen LogP contribution in [-0.2, 0) is 9.53 Å². The van der Waals surface area contributed by atoms with Crippen molar-refractivity contribution < 1.29 is 9.53 Å². The van der Waals surface area contributed by atoms with Crippen molar-refractivity contribution in [3.8, 4) is 0 Å². The van der Waals surface area contributed by atoms with Crippen molar-refractivity contribution in [1.82, 2.24) is 10.6 Å². The van der Waals surface area contributed by atoms with Crippen molar-refractivity contribution in [2.75, 3.05) is 26.2 Å². The predicted molar refractivity (Wildman–Crippen MR) is 74.8 cm³/mol. The van der Waals surface area contributed by atoms with Gasteiger partial charge in [0.15, 0.2) is 0 Å². The van der Waals surface area contributed by atoms with E-state index in [1.807, 2.05) is 25.1 Å². The third-order valence-corrected chi connectivity index (χ3v) is 3.41. The van der Waals surface area contributed by atoms with Crippen LogP contribution in [0.2, 0.25) is 0 Å². The van der Waals surface area contributed by atoms with E-state index >= 15 is 0 Å². The summed E-state index contributed by atoms with van der Waals surface area (Å²) >= 11 is 0. The van der Waals surface area contributed by atoms with Crippen LogP contribution in [0.3, 0.4) is 0 Å². The molecule has 1 saturated heterocycles. The van der Waals surface area contributed by atoms with E-state index in [1.54, 1.807) is 0 Å². The number of ether oxygens (including phenoxy) is 1. The Labute approximate surface area is 114 Å². The first-order valence-electron chi connectivity index (χ1n) is 6.92. The third kappa shape index (κ3) is 4.33. The van der Waals surface area contributed by atoms with Crippen LogP contribution in [0, 0.1) is 5.92 Å². The highest BCUT2D eigenvalue weighted by Crippen LogP contribution is 2.15. The van der Waals surface area contributed by atoms with Crippen molar-refractivity contribution in [2.24, 2.45) is 5.92 Å². The molecule has 2 rings (SSSR count). The van der Waals surface area contributed by atoms with Gasteiger partial charge in [-0.1, -0.05) is 30.3 Å². The number of hydrogen-bond acceptors (Lipinski definition) is 3. The summed E-state index contributed by atoms with van der Waals surface area (Å²) in [6, 6.07) is 10.2. The zero-order valence-electron chi connectivity index (χ0n) is 11.4. The molecule has 1 heterocycles. The van der Waals surface area contributed by atoms with Gasteiger partial charge in [-0.3, -0.25) is 4.79 Å². The van der Waals surface area contributed by atoms with E-state index < -0.39 is 0 Å². The first-order chi connectivity index (χ1) is 9.27. The van der Waals surface area contributed by atoms with E-state index in [4.69, 9.17) is 4.74 Å². The molecular formula is C15H22N2O2. The van der Waals surface area contributed by atoms with Crippen molar-refractivity contribution in [2.45, 2.75) is 19.4 Å². The van der Waals surface area contributed by atoms with Gasteiger partial charge in [0.1, 0.15) is 0 Å². The van der Waals surface area contributed by atoms with Crippen LogP contribution in [0.1, 0.15) is 25.0 Å². The molecular weight excluding hydrogens is 240 g/mol. The highest BCUT2D eigenvalue weighted by atomic mass is 16.5. The highest BCUT2D eigenvalue weighted by molar-refractivity contribution is 5.79. The standard InChI is InChI=1S/C15H22N2O2/c1-12(13-6-3-2-4-7-13)19-9-5-8-17-15(18)14-10-16-11-14/h2-4,6-7,12,14,16H,5,8-11H2,1H3,(H,17,18). The molecule has 1 amide bonds. The lowest BCUT2D eigenvalue weighted by Gasteiger charge is -2.25. The molecule has 0 spiro atoms. The summed E-state index contributed by atoms with van der Waals surface area (Å²) in [7, 11) is 0. The normalized spacial score (nSPS) is 16.7. The first kappa shape index (κ1) is 14.0. The highest BCUT2D eigenvalue weighted by Gasteiger charge is 2.23. The number of carbonyl (C=O) groups excluding carboxylic acids is 1. The molecule has 4 heteroatoms. The molecule has 4 nitrogen and oxygen atoms in total. The molecule has 2 N–H and O–H groups in total. The molecule has 0 radical (unpaired) electrons. The van der Waals surface area contributed by atoms with Gasteiger partial charge in [-0.25, -0.2) is 0 Å². The monoisotopic (exact) mass is 262 g/mol. The molecule has 1 aromatic carbocycles. The molecule has 19 heavy (non-hydrogen) atoms. The summed E-state index contributed by atoms with van der Waals surface area (Å²) < 4.78 is 5.75. The van der Waals surface area contributed by atoms with Gasteiger partial charge in [-0.2, -0.15) is 0 Å². The van der Waals surface area contributed by atoms with Crippen LogP contribution >= 0.6 is 0 Å². The van der Waals surface area contributed by atoms with Gasteiger partial charge in [-0.15, -0.1) is 0 Å². The maximum absolute atomic E-state index is 11.6. The molecule has 1 atom stereocenters. The molecule has 1 unspecified atom stereocenters. The molecule has 0 bridgehead atoms. The third-order valence-electron chi connectivity index (χ3n) is 3.41. The average molecular weight is 262 g/mol. The Morgan fingerprint density at radius 2 is 2.16 bits per heavy atom. The zero-order chi connectivity index (χ0) is 13.5. The van der Waals surface area contributed by atoms with Gasteiger partial charge in [-0.05, 0) is 18.9 Å². The Morgan fingerprint density at radius 3 is 2.79 bits per heavy atom. The van der Waals surface area contributed by atoms with Gasteiger partial charge < -0.3 is 15.4 Å². The summed E-state index contributed by atoms with van der Waals surface area (Å²) in [5.41, 5.74) is 1.19. The minimum absolute atomic E-state index is 0.104. The second kappa shape index (κ2) is 7.26.